The van der Waals surface area contributed by atoms with Gasteiger partial charge in [0.15, 0.2) is 0 Å². The molecule has 1 aliphatic heterocycles. The average Bonchev–Trinajstić information content (AvgIpc) is 3.22. The van der Waals surface area contributed by atoms with E-state index in [0.29, 0.717) is 5.91 Å². The van der Waals surface area contributed by atoms with Crippen molar-refractivity contribution in [3.8, 4) is 0 Å². The first-order valence-corrected chi connectivity index (χ1v) is 11.9. The van der Waals surface area contributed by atoms with Crippen molar-refractivity contribution in [3.63, 3.8) is 0 Å². The second kappa shape index (κ2) is 18.3. The van der Waals surface area contributed by atoms with Crippen molar-refractivity contribution >= 4 is 5.91 Å². The van der Waals surface area contributed by atoms with E-state index in [1.54, 1.807) is 0 Å². The lowest BCUT2D eigenvalue weighted by atomic mass is 10.1. The zero-order chi connectivity index (χ0) is 19.4. The van der Waals surface area contributed by atoms with E-state index in [-0.39, 0.29) is 0 Å². The van der Waals surface area contributed by atoms with Crippen LogP contribution >= 0.6 is 0 Å². The maximum Gasteiger partial charge on any atom is 0.222 e. The summed E-state index contributed by atoms with van der Waals surface area (Å²) in [6, 6.07) is 0. The first kappa shape index (κ1) is 24.0. The van der Waals surface area contributed by atoms with Crippen molar-refractivity contribution in [2.24, 2.45) is 0 Å². The van der Waals surface area contributed by atoms with Gasteiger partial charge < -0.3 is 4.90 Å². The Morgan fingerprint density at radius 2 is 1.11 bits per heavy atom. The van der Waals surface area contributed by atoms with Crippen molar-refractivity contribution in [3.05, 3.63) is 24.3 Å². The lowest BCUT2D eigenvalue weighted by Crippen LogP contribution is -2.27. The minimum absolute atomic E-state index is 0.383. The highest BCUT2D eigenvalue weighted by molar-refractivity contribution is 5.76. The Kier molecular flexibility index (Phi) is 16.3. The molecule has 1 saturated heterocycles. The van der Waals surface area contributed by atoms with Crippen LogP contribution in [0, 0.1) is 0 Å². The highest BCUT2D eigenvalue weighted by Gasteiger charge is 2.16. The van der Waals surface area contributed by atoms with Gasteiger partial charge in [0.25, 0.3) is 0 Å². The summed E-state index contributed by atoms with van der Waals surface area (Å²) in [7, 11) is 0. The van der Waals surface area contributed by atoms with E-state index in [1.807, 2.05) is 4.90 Å². The average molecular weight is 376 g/mol. The predicted octanol–water partition coefficient (Wildman–Crippen LogP) is 7.59. The molecule has 2 heteroatoms. The fourth-order valence-electron chi connectivity index (χ4n) is 3.70. The summed E-state index contributed by atoms with van der Waals surface area (Å²) < 4.78 is 0. The Bertz CT molecular complexity index is 393. The minimum Gasteiger partial charge on any atom is -0.343 e. The Morgan fingerprint density at radius 1 is 0.667 bits per heavy atom. The summed E-state index contributed by atoms with van der Waals surface area (Å²) in [6.07, 6.45) is 30.5. The standard InChI is InChI=1S/C25H45NO/c1-2-3-4-5-6-7-8-9-10-11-12-13-14-15-16-17-18-19-22-25(27)26-23-20-21-24-26/h8-9,14-15H,2-7,10-13,16-24H2,1H3. The topological polar surface area (TPSA) is 20.3 Å². The molecule has 1 aliphatic rings. The molecule has 1 fully saturated rings. The third-order valence-corrected chi connectivity index (χ3v) is 5.52. The van der Waals surface area contributed by atoms with Crippen molar-refractivity contribution in [1.82, 2.24) is 4.90 Å². The van der Waals surface area contributed by atoms with Gasteiger partial charge >= 0.3 is 0 Å². The molecule has 0 saturated carbocycles. The molecular formula is C25H45NO. The monoisotopic (exact) mass is 375 g/mol. The maximum atomic E-state index is 11.9. The van der Waals surface area contributed by atoms with E-state index in [1.165, 1.54) is 96.3 Å². The van der Waals surface area contributed by atoms with E-state index >= 15 is 0 Å². The fraction of sp³-hybridized carbons (Fsp3) is 0.800. The molecule has 0 aromatic rings. The van der Waals surface area contributed by atoms with Gasteiger partial charge in [0.1, 0.15) is 0 Å². The van der Waals surface area contributed by atoms with Crippen LogP contribution in [0.3, 0.4) is 0 Å². The smallest absolute Gasteiger partial charge is 0.222 e. The molecule has 0 spiro atoms. The van der Waals surface area contributed by atoms with Crippen LogP contribution in [0.2, 0.25) is 0 Å². The summed E-state index contributed by atoms with van der Waals surface area (Å²) in [5.74, 6) is 0.383. The molecule has 27 heavy (non-hydrogen) atoms. The van der Waals surface area contributed by atoms with Crippen LogP contribution in [-0.2, 0) is 4.79 Å². The molecule has 1 rings (SSSR count). The molecule has 0 unspecified atom stereocenters. The molecule has 1 heterocycles. The first-order chi connectivity index (χ1) is 13.3. The number of allylic oxidation sites excluding steroid dienone is 4. The zero-order valence-electron chi connectivity index (χ0n) is 18.1. The van der Waals surface area contributed by atoms with E-state index < -0.39 is 0 Å². The molecule has 0 N–H and O–H groups in total. The molecular weight excluding hydrogens is 330 g/mol. The highest BCUT2D eigenvalue weighted by atomic mass is 16.2. The van der Waals surface area contributed by atoms with Gasteiger partial charge in [0.2, 0.25) is 5.91 Å². The number of hydrogen-bond acceptors (Lipinski definition) is 1. The summed E-state index contributed by atoms with van der Waals surface area (Å²) in [6.45, 7) is 4.27. The minimum atomic E-state index is 0.383. The van der Waals surface area contributed by atoms with Gasteiger partial charge in [-0.25, -0.2) is 0 Å². The highest BCUT2D eigenvalue weighted by Crippen LogP contribution is 2.12. The van der Waals surface area contributed by atoms with E-state index in [4.69, 9.17) is 0 Å². The number of nitrogens with zero attached hydrogens (tertiary/aromatic N) is 1. The molecule has 0 aliphatic carbocycles. The van der Waals surface area contributed by atoms with Gasteiger partial charge in [-0.3, -0.25) is 4.79 Å². The number of unbranched alkanes of at least 4 members (excludes halogenated alkanes) is 11. The number of hydrogen-bond donors (Lipinski definition) is 0. The lowest BCUT2D eigenvalue weighted by molar-refractivity contribution is -0.130. The molecule has 156 valence electrons. The van der Waals surface area contributed by atoms with Crippen LogP contribution in [-0.4, -0.2) is 23.9 Å². The lowest BCUT2D eigenvalue weighted by Gasteiger charge is -2.14. The number of amides is 1. The fourth-order valence-corrected chi connectivity index (χ4v) is 3.70. The third kappa shape index (κ3) is 14.7. The summed E-state index contributed by atoms with van der Waals surface area (Å²) >= 11 is 0. The Hall–Kier alpha value is -1.05. The molecule has 2 nitrogen and oxygen atoms in total. The predicted molar refractivity (Wildman–Crippen MR) is 119 cm³/mol. The maximum absolute atomic E-state index is 11.9. The number of likely N-dealkylation sites (tertiary alicyclic amines) is 1. The summed E-state index contributed by atoms with van der Waals surface area (Å²) in [5, 5.41) is 0. The molecule has 0 atom stereocenters. The molecule has 0 aromatic heterocycles. The van der Waals surface area contributed by atoms with E-state index in [9.17, 15) is 4.79 Å². The summed E-state index contributed by atoms with van der Waals surface area (Å²) in [4.78, 5) is 14.0. The Balaban J connectivity index is 1.78. The molecule has 0 radical (unpaired) electrons. The second-order valence-corrected chi connectivity index (χ2v) is 8.12. The van der Waals surface area contributed by atoms with Crippen molar-refractivity contribution in [1.29, 1.82) is 0 Å². The van der Waals surface area contributed by atoms with Crippen molar-refractivity contribution in [2.45, 2.75) is 116 Å². The quantitative estimate of drug-likeness (QED) is 0.189. The summed E-state index contributed by atoms with van der Waals surface area (Å²) in [5.41, 5.74) is 0. The third-order valence-electron chi connectivity index (χ3n) is 5.52. The van der Waals surface area contributed by atoms with Crippen LogP contribution in [0.15, 0.2) is 24.3 Å². The van der Waals surface area contributed by atoms with Crippen LogP contribution in [0.5, 0.6) is 0 Å². The number of rotatable bonds is 17. The zero-order valence-corrected chi connectivity index (χ0v) is 18.1. The molecule has 1 amide bonds. The van der Waals surface area contributed by atoms with Crippen LogP contribution < -0.4 is 0 Å². The van der Waals surface area contributed by atoms with Gasteiger partial charge in [-0.1, -0.05) is 63.3 Å². The first-order valence-electron chi connectivity index (χ1n) is 11.9. The Morgan fingerprint density at radius 3 is 1.63 bits per heavy atom. The van der Waals surface area contributed by atoms with E-state index in [0.717, 1.165) is 25.9 Å². The van der Waals surface area contributed by atoms with Gasteiger partial charge in [-0.2, -0.15) is 0 Å². The largest absolute Gasteiger partial charge is 0.343 e. The number of carbonyl (C=O) groups is 1. The molecule has 0 aromatic carbocycles. The van der Waals surface area contributed by atoms with Crippen LogP contribution in [0.4, 0.5) is 0 Å². The normalized spacial score (nSPS) is 14.8. The van der Waals surface area contributed by atoms with Crippen LogP contribution in [0.1, 0.15) is 116 Å². The van der Waals surface area contributed by atoms with Crippen molar-refractivity contribution in [2.75, 3.05) is 13.1 Å². The van der Waals surface area contributed by atoms with Gasteiger partial charge in [0, 0.05) is 19.5 Å². The molecule has 0 bridgehead atoms. The second-order valence-electron chi connectivity index (χ2n) is 8.12. The van der Waals surface area contributed by atoms with Crippen LogP contribution in [0.25, 0.3) is 0 Å². The van der Waals surface area contributed by atoms with Gasteiger partial charge in [-0.05, 0) is 70.6 Å². The Labute approximate surface area is 169 Å². The van der Waals surface area contributed by atoms with Crippen molar-refractivity contribution < 1.29 is 4.79 Å². The SMILES string of the molecule is CCCCCCCC=CCCCCC=CCCCCCC(=O)N1CCCC1. The van der Waals surface area contributed by atoms with E-state index in [2.05, 4.69) is 31.2 Å². The number of carbonyl (C=O) groups excluding carboxylic acids is 1. The van der Waals surface area contributed by atoms with Gasteiger partial charge in [0.05, 0.1) is 0 Å². The van der Waals surface area contributed by atoms with Gasteiger partial charge in [-0.15, -0.1) is 0 Å².